The van der Waals surface area contributed by atoms with Crippen molar-refractivity contribution in [2.24, 2.45) is 17.8 Å². The Kier molecular flexibility index (Phi) is 7.80. The lowest BCUT2D eigenvalue weighted by Crippen LogP contribution is -2.50. The molecule has 2 saturated heterocycles. The van der Waals surface area contributed by atoms with Gasteiger partial charge in [-0.1, -0.05) is 6.58 Å². The van der Waals surface area contributed by atoms with Gasteiger partial charge in [-0.15, -0.1) is 0 Å². The molecule has 9 heteroatoms. The molecule has 2 heterocycles. The molecule has 182 valence electrons. The minimum Gasteiger partial charge on any atom is -0.381 e. The number of fused-ring (bicyclic) bond motifs is 1. The van der Waals surface area contributed by atoms with Gasteiger partial charge in [-0.25, -0.2) is 10.4 Å². The van der Waals surface area contributed by atoms with E-state index in [1.807, 2.05) is 0 Å². The third kappa shape index (κ3) is 5.66. The lowest BCUT2D eigenvalue weighted by Gasteiger charge is -2.41. The number of nitrogens with zero attached hydrogens (tertiary/aromatic N) is 1. The van der Waals surface area contributed by atoms with Crippen molar-refractivity contribution in [1.29, 1.82) is 0 Å². The van der Waals surface area contributed by atoms with E-state index in [9.17, 15) is 18.0 Å². The predicted octanol–water partition coefficient (Wildman–Crippen LogP) is 3.19. The molecule has 4 aliphatic rings. The molecule has 2 aliphatic carbocycles. The fraction of sp³-hybridized carbons (Fsp3) is 0.870. The summed E-state index contributed by atoms with van der Waals surface area (Å²) in [4.78, 5) is 11.7. The molecule has 4 fully saturated rings. The van der Waals surface area contributed by atoms with Crippen LogP contribution >= 0.6 is 0 Å². The second kappa shape index (κ2) is 10.4. The number of carbonyl (C=O) groups is 1. The third-order valence-electron chi connectivity index (χ3n) is 7.83. The van der Waals surface area contributed by atoms with E-state index < -0.39 is 12.1 Å². The van der Waals surface area contributed by atoms with Crippen LogP contribution in [0.1, 0.15) is 51.4 Å². The van der Waals surface area contributed by atoms with Gasteiger partial charge in [0.05, 0.1) is 25.2 Å². The maximum atomic E-state index is 13.1. The Bertz CT molecular complexity index is 648. The van der Waals surface area contributed by atoms with E-state index in [-0.39, 0.29) is 43.0 Å². The van der Waals surface area contributed by atoms with Gasteiger partial charge in [0, 0.05) is 37.2 Å². The maximum absolute atomic E-state index is 13.1. The summed E-state index contributed by atoms with van der Waals surface area (Å²) in [5.41, 5.74) is 3.58. The fourth-order valence-electron chi connectivity index (χ4n) is 5.99. The normalized spacial score (nSPS) is 38.4. The van der Waals surface area contributed by atoms with Gasteiger partial charge in [-0.3, -0.25) is 4.79 Å². The molecule has 4 rings (SSSR count). The highest BCUT2D eigenvalue weighted by molar-refractivity contribution is 5.86. The Morgan fingerprint density at radius 3 is 2.62 bits per heavy atom. The van der Waals surface area contributed by atoms with Crippen LogP contribution < -0.4 is 10.7 Å². The van der Waals surface area contributed by atoms with E-state index in [0.29, 0.717) is 31.2 Å². The van der Waals surface area contributed by atoms with Crippen LogP contribution in [-0.2, 0) is 14.3 Å². The number of nitrogens with one attached hydrogen (secondary N) is 2. The molecule has 0 aromatic heterocycles. The predicted molar refractivity (Wildman–Crippen MR) is 114 cm³/mol. The van der Waals surface area contributed by atoms with Crippen molar-refractivity contribution < 1.29 is 27.4 Å². The quantitative estimate of drug-likeness (QED) is 0.573. The Morgan fingerprint density at radius 1 is 1.19 bits per heavy atom. The van der Waals surface area contributed by atoms with Crippen molar-refractivity contribution in [1.82, 2.24) is 15.8 Å². The van der Waals surface area contributed by atoms with E-state index in [2.05, 4.69) is 22.3 Å². The van der Waals surface area contributed by atoms with Gasteiger partial charge in [0.2, 0.25) is 5.91 Å². The lowest BCUT2D eigenvalue weighted by molar-refractivity contribution is -0.185. The number of carbonyl (C=O) groups excluding carboxylic acids is 1. The maximum Gasteiger partial charge on any atom is 0.391 e. The van der Waals surface area contributed by atoms with Crippen LogP contribution in [0.25, 0.3) is 0 Å². The van der Waals surface area contributed by atoms with E-state index >= 15 is 0 Å². The summed E-state index contributed by atoms with van der Waals surface area (Å²) >= 11 is 0. The van der Waals surface area contributed by atoms with E-state index in [0.717, 1.165) is 45.5 Å². The first-order valence-electron chi connectivity index (χ1n) is 12.1. The van der Waals surface area contributed by atoms with E-state index in [4.69, 9.17) is 9.47 Å². The number of alkyl halides is 3. The molecule has 5 atom stereocenters. The van der Waals surface area contributed by atoms with Crippen molar-refractivity contribution in [2.45, 2.75) is 81.8 Å². The van der Waals surface area contributed by atoms with Crippen molar-refractivity contribution >= 4 is 5.91 Å². The topological polar surface area (TPSA) is 62.8 Å². The monoisotopic (exact) mass is 459 g/mol. The third-order valence-corrected chi connectivity index (χ3v) is 7.83. The van der Waals surface area contributed by atoms with Gasteiger partial charge in [-0.2, -0.15) is 13.2 Å². The molecular weight excluding hydrogens is 423 g/mol. The highest BCUT2D eigenvalue weighted by Crippen LogP contribution is 2.43. The summed E-state index contributed by atoms with van der Waals surface area (Å²) in [7, 11) is 0. The number of hydrogen-bond acceptors (Lipinski definition) is 5. The number of ether oxygens (including phenoxy) is 2. The number of hydrazine groups is 1. The molecular formula is C23H36F3N3O3. The zero-order valence-corrected chi connectivity index (χ0v) is 18.6. The zero-order valence-electron chi connectivity index (χ0n) is 18.6. The summed E-state index contributed by atoms with van der Waals surface area (Å²) in [6, 6.07) is 0.419. The minimum atomic E-state index is -4.09. The second-order valence-electron chi connectivity index (χ2n) is 9.87. The number of amides is 1. The number of hydrogen-bond donors (Lipinski definition) is 2. The van der Waals surface area contributed by atoms with Crippen LogP contribution in [0.3, 0.4) is 0 Å². The molecule has 2 N–H and O–H groups in total. The molecule has 0 bridgehead atoms. The van der Waals surface area contributed by atoms with Crippen LogP contribution in [0.15, 0.2) is 12.7 Å². The Balaban J connectivity index is 1.37. The second-order valence-corrected chi connectivity index (χ2v) is 9.87. The Labute approximate surface area is 188 Å². The van der Waals surface area contributed by atoms with Gasteiger partial charge >= 0.3 is 6.18 Å². The van der Waals surface area contributed by atoms with Crippen LogP contribution in [0.2, 0.25) is 0 Å². The molecule has 0 radical (unpaired) electrons. The van der Waals surface area contributed by atoms with Crippen LogP contribution in [0.5, 0.6) is 0 Å². The van der Waals surface area contributed by atoms with Crippen LogP contribution in [-0.4, -0.2) is 67.7 Å². The fourth-order valence-corrected chi connectivity index (χ4v) is 5.99. The van der Waals surface area contributed by atoms with Crippen molar-refractivity contribution in [3.8, 4) is 0 Å². The summed E-state index contributed by atoms with van der Waals surface area (Å²) < 4.78 is 51.0. The summed E-state index contributed by atoms with van der Waals surface area (Å²) in [5, 5.41) is 5.14. The van der Waals surface area contributed by atoms with E-state index in [1.165, 1.54) is 6.08 Å². The van der Waals surface area contributed by atoms with Crippen molar-refractivity contribution in [2.75, 3.05) is 26.4 Å². The summed E-state index contributed by atoms with van der Waals surface area (Å²) in [5.74, 6) is -0.627. The largest absolute Gasteiger partial charge is 0.391 e. The van der Waals surface area contributed by atoms with Crippen molar-refractivity contribution in [3.63, 3.8) is 0 Å². The highest BCUT2D eigenvalue weighted by Gasteiger charge is 2.49. The van der Waals surface area contributed by atoms with Gasteiger partial charge in [0.15, 0.2) is 0 Å². The molecule has 32 heavy (non-hydrogen) atoms. The molecule has 0 aromatic rings. The first kappa shape index (κ1) is 24.0. The van der Waals surface area contributed by atoms with Crippen LogP contribution in [0.4, 0.5) is 13.2 Å². The Hall–Kier alpha value is -1.16. The Morgan fingerprint density at radius 2 is 1.97 bits per heavy atom. The summed E-state index contributed by atoms with van der Waals surface area (Å²) in [6.45, 7) is 6.29. The van der Waals surface area contributed by atoms with Gasteiger partial charge in [-0.05, 0) is 63.4 Å². The molecule has 2 saturated carbocycles. The van der Waals surface area contributed by atoms with Gasteiger partial charge in [0.1, 0.15) is 0 Å². The minimum absolute atomic E-state index is 0.0467. The molecule has 5 unspecified atom stereocenters. The average molecular weight is 460 g/mol. The molecule has 2 aliphatic heterocycles. The number of rotatable bonds is 7. The molecule has 0 spiro atoms. The van der Waals surface area contributed by atoms with E-state index in [1.54, 1.807) is 0 Å². The highest BCUT2D eigenvalue weighted by atomic mass is 19.4. The SMILES string of the molecule is C=CC(=O)NCC1NN(C2CCC(C(F)(F)F)CC2)C2CCC(OCC3CCOC3)CC12. The average Bonchev–Trinajstić information content (AvgIpc) is 3.43. The van der Waals surface area contributed by atoms with Gasteiger partial charge < -0.3 is 14.8 Å². The number of halogens is 3. The standard InChI is InChI=1S/C23H36F3N3O3/c1-2-22(30)27-12-20-19-11-18(32-14-15-9-10-31-13-15)7-8-21(19)29(28-20)17-5-3-16(4-6-17)23(24,25)26/h2,15-21,28H,1,3-14H2,(H,27,30). The molecule has 6 nitrogen and oxygen atoms in total. The van der Waals surface area contributed by atoms with Crippen molar-refractivity contribution in [3.05, 3.63) is 12.7 Å². The smallest absolute Gasteiger partial charge is 0.381 e. The van der Waals surface area contributed by atoms with Crippen LogP contribution in [0, 0.1) is 17.8 Å². The van der Waals surface area contributed by atoms with Gasteiger partial charge in [0.25, 0.3) is 0 Å². The first-order chi connectivity index (χ1) is 15.3. The first-order valence-corrected chi connectivity index (χ1v) is 12.1. The zero-order chi connectivity index (χ0) is 22.7. The molecule has 1 amide bonds. The molecule has 0 aromatic carbocycles. The summed E-state index contributed by atoms with van der Waals surface area (Å²) in [6.07, 6.45) is 2.68. The lowest BCUT2D eigenvalue weighted by atomic mass is 9.78.